The van der Waals surface area contributed by atoms with E-state index in [4.69, 9.17) is 5.11 Å². The lowest BCUT2D eigenvalue weighted by Gasteiger charge is -2.12. The Hall–Kier alpha value is -0.450. The summed E-state index contributed by atoms with van der Waals surface area (Å²) in [5.74, 6) is 0. The lowest BCUT2D eigenvalue weighted by Crippen LogP contribution is -2.34. The molecule has 3 nitrogen and oxygen atoms in total. The van der Waals surface area contributed by atoms with E-state index < -0.39 is 0 Å². The zero-order chi connectivity index (χ0) is 10.0. The number of hydrogen-bond donors (Lipinski definition) is 2. The van der Waals surface area contributed by atoms with Crippen LogP contribution in [0.3, 0.4) is 0 Å². The Morgan fingerprint density at radius 1 is 1.64 bits per heavy atom. The number of nitrogens with one attached hydrogen (secondary N) is 1. The van der Waals surface area contributed by atoms with Gasteiger partial charge in [0.2, 0.25) is 0 Å². The third kappa shape index (κ3) is 2.13. The van der Waals surface area contributed by atoms with Crippen LogP contribution >= 0.6 is 11.3 Å². The Balaban J connectivity index is 1.85. The molecule has 1 saturated carbocycles. The minimum absolute atomic E-state index is 0.0238. The van der Waals surface area contributed by atoms with Crippen LogP contribution in [0.25, 0.3) is 0 Å². The van der Waals surface area contributed by atoms with Gasteiger partial charge in [-0.25, -0.2) is 4.98 Å². The van der Waals surface area contributed by atoms with Crippen molar-refractivity contribution in [1.29, 1.82) is 0 Å². The summed E-state index contributed by atoms with van der Waals surface area (Å²) in [5, 5.41) is 15.8. The standard InChI is InChI=1S/C10H16N2OS/c1-2-9-12-8(6-14-9)5-11-10(7-13)3-4-10/h6,11,13H,2-5,7H2,1H3. The maximum Gasteiger partial charge on any atom is 0.0926 e. The normalized spacial score (nSPS) is 18.4. The van der Waals surface area contributed by atoms with Crippen molar-refractivity contribution in [3.8, 4) is 0 Å². The highest BCUT2D eigenvalue weighted by atomic mass is 32.1. The van der Waals surface area contributed by atoms with Gasteiger partial charge < -0.3 is 10.4 Å². The van der Waals surface area contributed by atoms with E-state index in [-0.39, 0.29) is 12.1 Å². The molecule has 0 unspecified atom stereocenters. The van der Waals surface area contributed by atoms with E-state index in [0.29, 0.717) is 0 Å². The van der Waals surface area contributed by atoms with Gasteiger partial charge in [-0.1, -0.05) is 6.92 Å². The van der Waals surface area contributed by atoms with Gasteiger partial charge in [-0.15, -0.1) is 11.3 Å². The Morgan fingerprint density at radius 3 is 2.93 bits per heavy atom. The molecule has 0 saturated heterocycles. The average Bonchev–Trinajstić information content (AvgIpc) is 2.86. The van der Waals surface area contributed by atoms with Crippen molar-refractivity contribution in [1.82, 2.24) is 10.3 Å². The molecular weight excluding hydrogens is 196 g/mol. The molecule has 4 heteroatoms. The molecule has 0 radical (unpaired) electrons. The molecule has 1 aliphatic carbocycles. The molecule has 2 N–H and O–H groups in total. The predicted molar refractivity (Wildman–Crippen MR) is 57.4 cm³/mol. The third-order valence-corrected chi connectivity index (χ3v) is 3.74. The Labute approximate surface area is 88.2 Å². The molecule has 78 valence electrons. The van der Waals surface area contributed by atoms with Crippen LogP contribution in [-0.2, 0) is 13.0 Å². The number of aryl methyl sites for hydroxylation is 1. The minimum atomic E-state index is 0.0238. The minimum Gasteiger partial charge on any atom is -0.394 e. The number of aromatic nitrogens is 1. The first-order chi connectivity index (χ1) is 6.78. The third-order valence-electron chi connectivity index (χ3n) is 2.70. The van der Waals surface area contributed by atoms with Crippen LogP contribution in [0, 0.1) is 0 Å². The van der Waals surface area contributed by atoms with Crippen LogP contribution in [0.1, 0.15) is 30.5 Å². The smallest absolute Gasteiger partial charge is 0.0926 e. The topological polar surface area (TPSA) is 45.2 Å². The summed E-state index contributed by atoms with van der Waals surface area (Å²) in [5.41, 5.74) is 1.13. The second-order valence-corrected chi connectivity index (χ2v) is 4.82. The molecule has 1 heterocycles. The van der Waals surface area contributed by atoms with Gasteiger partial charge in [-0.05, 0) is 19.3 Å². The molecule has 1 aromatic heterocycles. The second-order valence-electron chi connectivity index (χ2n) is 3.88. The molecule has 0 amide bonds. The molecule has 1 aromatic rings. The van der Waals surface area contributed by atoms with Gasteiger partial charge >= 0.3 is 0 Å². The van der Waals surface area contributed by atoms with Crippen LogP contribution < -0.4 is 5.32 Å². The fourth-order valence-electron chi connectivity index (χ4n) is 1.41. The van der Waals surface area contributed by atoms with Crippen molar-refractivity contribution in [2.24, 2.45) is 0 Å². The summed E-state index contributed by atoms with van der Waals surface area (Å²) in [6.07, 6.45) is 3.19. The molecule has 0 atom stereocenters. The molecule has 1 fully saturated rings. The lowest BCUT2D eigenvalue weighted by atomic mass is 10.3. The first-order valence-corrected chi connectivity index (χ1v) is 5.95. The number of aliphatic hydroxyl groups excluding tert-OH is 1. The Kier molecular flexibility index (Phi) is 2.85. The van der Waals surface area contributed by atoms with Crippen molar-refractivity contribution in [2.75, 3.05) is 6.61 Å². The highest BCUT2D eigenvalue weighted by Gasteiger charge is 2.41. The van der Waals surface area contributed by atoms with Gasteiger partial charge in [0.25, 0.3) is 0 Å². The highest BCUT2D eigenvalue weighted by molar-refractivity contribution is 7.09. The predicted octanol–water partition coefficient (Wildman–Crippen LogP) is 1.32. The molecule has 1 aliphatic rings. The monoisotopic (exact) mass is 212 g/mol. The van der Waals surface area contributed by atoms with Gasteiger partial charge in [-0.3, -0.25) is 0 Å². The number of rotatable bonds is 5. The van der Waals surface area contributed by atoms with Gasteiger partial charge in [-0.2, -0.15) is 0 Å². The lowest BCUT2D eigenvalue weighted by molar-refractivity contribution is 0.229. The van der Waals surface area contributed by atoms with E-state index in [0.717, 1.165) is 31.5 Å². The molecular formula is C10H16N2OS. The van der Waals surface area contributed by atoms with Crippen LogP contribution in [0.5, 0.6) is 0 Å². The quantitative estimate of drug-likeness (QED) is 0.773. The highest BCUT2D eigenvalue weighted by Crippen LogP contribution is 2.34. The van der Waals surface area contributed by atoms with Crippen molar-refractivity contribution < 1.29 is 5.11 Å². The van der Waals surface area contributed by atoms with E-state index in [9.17, 15) is 0 Å². The van der Waals surface area contributed by atoms with Gasteiger partial charge in [0.1, 0.15) is 0 Å². The van der Waals surface area contributed by atoms with E-state index in [1.165, 1.54) is 5.01 Å². The fraction of sp³-hybridized carbons (Fsp3) is 0.700. The van der Waals surface area contributed by atoms with E-state index in [2.05, 4.69) is 22.6 Å². The zero-order valence-corrected chi connectivity index (χ0v) is 9.23. The van der Waals surface area contributed by atoms with Gasteiger partial charge in [0.15, 0.2) is 0 Å². The number of nitrogens with zero attached hydrogens (tertiary/aromatic N) is 1. The molecule has 0 bridgehead atoms. The molecule has 2 rings (SSSR count). The van der Waals surface area contributed by atoms with Crippen molar-refractivity contribution in [3.63, 3.8) is 0 Å². The summed E-state index contributed by atoms with van der Waals surface area (Å²) in [6, 6.07) is 0. The molecule has 0 spiro atoms. The van der Waals surface area contributed by atoms with E-state index >= 15 is 0 Å². The van der Waals surface area contributed by atoms with Crippen LogP contribution in [0.4, 0.5) is 0 Å². The Morgan fingerprint density at radius 2 is 2.43 bits per heavy atom. The fourth-order valence-corrected chi connectivity index (χ4v) is 2.16. The molecule has 0 aromatic carbocycles. The summed E-state index contributed by atoms with van der Waals surface area (Å²) < 4.78 is 0. The largest absolute Gasteiger partial charge is 0.394 e. The summed E-state index contributed by atoms with van der Waals surface area (Å²) in [7, 11) is 0. The number of aliphatic hydroxyl groups is 1. The summed E-state index contributed by atoms with van der Waals surface area (Å²) in [4.78, 5) is 4.47. The first kappa shape index (κ1) is 10.1. The van der Waals surface area contributed by atoms with Crippen LogP contribution in [0.2, 0.25) is 0 Å². The second kappa shape index (κ2) is 3.96. The molecule has 0 aliphatic heterocycles. The van der Waals surface area contributed by atoms with Gasteiger partial charge in [0.05, 0.1) is 17.3 Å². The van der Waals surface area contributed by atoms with Crippen molar-refractivity contribution in [3.05, 3.63) is 16.1 Å². The summed E-state index contributed by atoms with van der Waals surface area (Å²) in [6.45, 7) is 3.15. The van der Waals surface area contributed by atoms with Crippen LogP contribution in [-0.4, -0.2) is 22.2 Å². The van der Waals surface area contributed by atoms with Gasteiger partial charge in [0, 0.05) is 17.5 Å². The first-order valence-electron chi connectivity index (χ1n) is 5.07. The maximum atomic E-state index is 9.11. The van der Waals surface area contributed by atoms with E-state index in [1.54, 1.807) is 11.3 Å². The number of thiazole rings is 1. The average molecular weight is 212 g/mol. The number of hydrogen-bond acceptors (Lipinski definition) is 4. The molecule has 14 heavy (non-hydrogen) atoms. The SMILES string of the molecule is CCc1nc(CNC2(CO)CC2)cs1. The van der Waals surface area contributed by atoms with Crippen LogP contribution in [0.15, 0.2) is 5.38 Å². The van der Waals surface area contributed by atoms with E-state index in [1.807, 2.05) is 0 Å². The maximum absolute atomic E-state index is 9.11. The Bertz CT molecular complexity index is 307. The van der Waals surface area contributed by atoms with Crippen molar-refractivity contribution >= 4 is 11.3 Å². The zero-order valence-electron chi connectivity index (χ0n) is 8.42. The van der Waals surface area contributed by atoms with Crippen molar-refractivity contribution in [2.45, 2.75) is 38.3 Å². The summed E-state index contributed by atoms with van der Waals surface area (Å²) >= 11 is 1.71.